The molecule has 5 nitrogen and oxygen atoms in total. The normalized spacial score (nSPS) is 11.0. The number of rotatable bonds is 6. The number of hydrogen-bond donors (Lipinski definition) is 2. The maximum atomic E-state index is 12.9. The minimum Gasteiger partial charge on any atom is -0.367 e. The number of halogens is 2. The van der Waals surface area contributed by atoms with E-state index in [0.29, 0.717) is 34.8 Å². The summed E-state index contributed by atoms with van der Waals surface area (Å²) in [7, 11) is 0. The van der Waals surface area contributed by atoms with Gasteiger partial charge in [-0.05, 0) is 44.2 Å². The lowest BCUT2D eigenvalue weighted by atomic mass is 10.0. The number of nitrogens with zero attached hydrogens (tertiary/aromatic N) is 1. The zero-order valence-electron chi connectivity index (χ0n) is 13.3. The molecule has 2 N–H and O–H groups in total. The molecular formula is C17H17ClFN3O2. The molecule has 0 spiro atoms. The minimum absolute atomic E-state index is 0.308. The van der Waals surface area contributed by atoms with E-state index in [2.05, 4.69) is 15.6 Å². The van der Waals surface area contributed by atoms with E-state index < -0.39 is 11.4 Å². The summed E-state index contributed by atoms with van der Waals surface area (Å²) in [5, 5.41) is 6.21. The van der Waals surface area contributed by atoms with Gasteiger partial charge in [0.1, 0.15) is 11.6 Å². The Labute approximate surface area is 144 Å². The van der Waals surface area contributed by atoms with E-state index in [1.165, 1.54) is 36.5 Å². The lowest BCUT2D eigenvalue weighted by molar-refractivity contribution is 0.0917. The van der Waals surface area contributed by atoms with Gasteiger partial charge in [-0.2, -0.15) is 0 Å². The van der Waals surface area contributed by atoms with Crippen molar-refractivity contribution in [2.45, 2.75) is 19.4 Å². The van der Waals surface area contributed by atoms with Crippen LogP contribution in [-0.4, -0.2) is 29.3 Å². The Morgan fingerprint density at radius 1 is 1.33 bits per heavy atom. The molecule has 1 aromatic carbocycles. The molecule has 0 unspecified atom stereocenters. The van der Waals surface area contributed by atoms with E-state index in [1.807, 2.05) is 13.8 Å². The molecule has 126 valence electrons. The van der Waals surface area contributed by atoms with Gasteiger partial charge < -0.3 is 10.6 Å². The average molecular weight is 350 g/mol. The number of benzene rings is 1. The van der Waals surface area contributed by atoms with Crippen LogP contribution in [0.25, 0.3) is 0 Å². The number of hydrogen-bond acceptors (Lipinski definition) is 4. The molecule has 2 rings (SSSR count). The van der Waals surface area contributed by atoms with Gasteiger partial charge in [0, 0.05) is 23.9 Å². The molecule has 7 heteroatoms. The highest BCUT2D eigenvalue weighted by molar-refractivity contribution is 6.33. The van der Waals surface area contributed by atoms with Gasteiger partial charge in [-0.15, -0.1) is 0 Å². The van der Waals surface area contributed by atoms with Crippen molar-refractivity contribution in [1.82, 2.24) is 10.3 Å². The number of carbonyl (C=O) groups is 2. The van der Waals surface area contributed by atoms with Crippen molar-refractivity contribution in [3.05, 3.63) is 58.5 Å². The van der Waals surface area contributed by atoms with E-state index >= 15 is 0 Å². The van der Waals surface area contributed by atoms with Gasteiger partial charge in [0.15, 0.2) is 6.29 Å². The molecule has 0 fully saturated rings. The van der Waals surface area contributed by atoms with Crippen molar-refractivity contribution in [2.75, 3.05) is 11.9 Å². The van der Waals surface area contributed by atoms with Crippen LogP contribution in [0.1, 0.15) is 34.6 Å². The van der Waals surface area contributed by atoms with Crippen LogP contribution in [0, 0.1) is 5.82 Å². The van der Waals surface area contributed by atoms with Crippen LogP contribution in [0.4, 0.5) is 10.2 Å². The average Bonchev–Trinajstić information content (AvgIpc) is 2.53. The maximum Gasteiger partial charge on any atom is 0.251 e. The number of amides is 1. The van der Waals surface area contributed by atoms with Crippen LogP contribution in [-0.2, 0) is 0 Å². The van der Waals surface area contributed by atoms with Crippen LogP contribution in [0.5, 0.6) is 0 Å². The Kier molecular flexibility index (Phi) is 5.51. The molecule has 1 heterocycles. The number of anilines is 1. The van der Waals surface area contributed by atoms with E-state index in [0.717, 1.165) is 0 Å². The summed E-state index contributed by atoms with van der Waals surface area (Å²) in [6.45, 7) is 4.01. The van der Waals surface area contributed by atoms with Crippen molar-refractivity contribution < 1.29 is 14.0 Å². The number of nitrogens with one attached hydrogen (secondary N) is 2. The molecule has 0 aliphatic rings. The zero-order chi connectivity index (χ0) is 17.7. The van der Waals surface area contributed by atoms with Crippen molar-refractivity contribution in [3.63, 3.8) is 0 Å². The molecule has 1 amide bonds. The first-order valence-electron chi connectivity index (χ1n) is 7.23. The van der Waals surface area contributed by atoms with Gasteiger partial charge in [-0.3, -0.25) is 9.59 Å². The second kappa shape index (κ2) is 7.40. The Morgan fingerprint density at radius 2 is 2.00 bits per heavy atom. The van der Waals surface area contributed by atoms with Crippen molar-refractivity contribution in [2.24, 2.45) is 0 Å². The first kappa shape index (κ1) is 17.9. The fourth-order valence-corrected chi connectivity index (χ4v) is 2.22. The molecule has 0 atom stereocenters. The number of aldehydes is 1. The molecular weight excluding hydrogens is 333 g/mol. The van der Waals surface area contributed by atoms with E-state index in [9.17, 15) is 14.0 Å². The lowest BCUT2D eigenvalue weighted by Gasteiger charge is -2.27. The third-order valence-electron chi connectivity index (χ3n) is 3.25. The Bertz CT molecular complexity index is 748. The van der Waals surface area contributed by atoms with Crippen LogP contribution < -0.4 is 10.6 Å². The van der Waals surface area contributed by atoms with Crippen molar-refractivity contribution >= 4 is 29.6 Å². The molecule has 1 aromatic heterocycles. The topological polar surface area (TPSA) is 71.1 Å². The summed E-state index contributed by atoms with van der Waals surface area (Å²) in [6.07, 6.45) is 2.07. The molecule has 0 aliphatic carbocycles. The fraction of sp³-hybridized carbons (Fsp3) is 0.235. The SMILES string of the molecule is CC(C)(CNc1ncc(C=O)cc1Cl)NC(=O)c1ccc(F)cc1. The van der Waals surface area contributed by atoms with Crippen LogP contribution in [0.3, 0.4) is 0 Å². The van der Waals surface area contributed by atoms with Gasteiger partial charge in [-0.25, -0.2) is 9.37 Å². The van der Waals surface area contributed by atoms with Crippen LogP contribution in [0.2, 0.25) is 5.02 Å². The minimum atomic E-state index is -0.611. The van der Waals surface area contributed by atoms with E-state index in [-0.39, 0.29) is 5.91 Å². The zero-order valence-corrected chi connectivity index (χ0v) is 14.0. The number of carbonyl (C=O) groups excluding carboxylic acids is 2. The highest BCUT2D eigenvalue weighted by Gasteiger charge is 2.21. The standard InChI is InChI=1S/C17H17ClFN3O2/c1-17(2,22-16(24)12-3-5-13(19)6-4-12)10-21-15-14(18)7-11(9-23)8-20-15/h3-9H,10H2,1-2H3,(H,20,21)(H,22,24). The summed E-state index contributed by atoms with van der Waals surface area (Å²) in [6, 6.07) is 6.82. The predicted octanol–water partition coefficient (Wildman–Crippen LogP) is 3.31. The summed E-state index contributed by atoms with van der Waals surface area (Å²) >= 11 is 6.05. The Balaban J connectivity index is 1.99. The molecule has 0 saturated heterocycles. The lowest BCUT2D eigenvalue weighted by Crippen LogP contribution is -2.48. The first-order valence-corrected chi connectivity index (χ1v) is 7.61. The molecule has 0 aliphatic heterocycles. The molecule has 0 bridgehead atoms. The molecule has 0 saturated carbocycles. The Morgan fingerprint density at radius 3 is 2.58 bits per heavy atom. The Hall–Kier alpha value is -2.47. The second-order valence-electron chi connectivity index (χ2n) is 5.92. The van der Waals surface area contributed by atoms with Gasteiger partial charge in [0.2, 0.25) is 0 Å². The largest absolute Gasteiger partial charge is 0.367 e. The number of aromatic nitrogens is 1. The second-order valence-corrected chi connectivity index (χ2v) is 6.32. The smallest absolute Gasteiger partial charge is 0.251 e. The summed E-state index contributed by atoms with van der Waals surface area (Å²) < 4.78 is 12.9. The van der Waals surface area contributed by atoms with E-state index in [1.54, 1.807) is 0 Å². The monoisotopic (exact) mass is 349 g/mol. The van der Waals surface area contributed by atoms with Gasteiger partial charge in [-0.1, -0.05) is 11.6 Å². The van der Waals surface area contributed by atoms with Gasteiger partial charge in [0.05, 0.1) is 10.6 Å². The molecule has 24 heavy (non-hydrogen) atoms. The first-order chi connectivity index (χ1) is 11.3. The van der Waals surface area contributed by atoms with Crippen molar-refractivity contribution in [3.8, 4) is 0 Å². The summed E-state index contributed by atoms with van der Waals surface area (Å²) in [5.41, 5.74) is 0.144. The predicted molar refractivity (Wildman–Crippen MR) is 91.1 cm³/mol. The number of pyridine rings is 1. The van der Waals surface area contributed by atoms with Gasteiger partial charge in [0.25, 0.3) is 5.91 Å². The van der Waals surface area contributed by atoms with E-state index in [4.69, 9.17) is 11.6 Å². The third-order valence-corrected chi connectivity index (χ3v) is 3.54. The van der Waals surface area contributed by atoms with Crippen molar-refractivity contribution in [1.29, 1.82) is 0 Å². The highest BCUT2D eigenvalue weighted by atomic mass is 35.5. The molecule has 0 radical (unpaired) electrons. The van der Waals surface area contributed by atoms with Gasteiger partial charge >= 0.3 is 0 Å². The van der Waals surface area contributed by atoms with Crippen LogP contribution >= 0.6 is 11.6 Å². The third kappa shape index (κ3) is 4.76. The maximum absolute atomic E-state index is 12.9. The molecule has 2 aromatic rings. The summed E-state index contributed by atoms with van der Waals surface area (Å²) in [4.78, 5) is 26.9. The fourth-order valence-electron chi connectivity index (χ4n) is 1.98. The quantitative estimate of drug-likeness (QED) is 0.785. The van der Waals surface area contributed by atoms with Crippen LogP contribution in [0.15, 0.2) is 36.5 Å². The summed E-state index contributed by atoms with van der Waals surface area (Å²) in [5.74, 6) is -0.282. The highest BCUT2D eigenvalue weighted by Crippen LogP contribution is 2.20.